The summed E-state index contributed by atoms with van der Waals surface area (Å²) in [6.07, 6.45) is 2.89. The lowest BCUT2D eigenvalue weighted by Gasteiger charge is -2.37. The van der Waals surface area contributed by atoms with Gasteiger partial charge in [-0.3, -0.25) is 4.90 Å². The normalized spacial score (nSPS) is 28.4. The lowest BCUT2D eigenvalue weighted by Crippen LogP contribution is -2.53. The minimum Gasteiger partial charge on any atom is -0.374 e. The average Bonchev–Trinajstić information content (AvgIpc) is 2.90. The zero-order chi connectivity index (χ0) is 14.1. The highest BCUT2D eigenvalue weighted by atomic mass is 19.2. The largest absolute Gasteiger partial charge is 0.374 e. The van der Waals surface area contributed by atoms with Crippen molar-refractivity contribution in [1.29, 1.82) is 0 Å². The summed E-state index contributed by atoms with van der Waals surface area (Å²) < 4.78 is 31.9. The molecule has 3 unspecified atom stereocenters. The summed E-state index contributed by atoms with van der Waals surface area (Å²) in [6.45, 7) is 2.69. The zero-order valence-corrected chi connectivity index (χ0v) is 11.4. The van der Waals surface area contributed by atoms with Crippen molar-refractivity contribution in [3.05, 3.63) is 35.4 Å². The Bertz CT molecular complexity index is 483. The number of hydrogen-bond donors (Lipinski definition) is 1. The molecule has 2 heterocycles. The standard InChI is InChI=1S/C15H20F2N2O/c16-12-4-3-10(6-13(12)17)7-14(18)15-8-19-5-1-2-11(19)9-20-15/h3-4,6,11,14-15H,1-2,5,7-9,18H2. The number of morpholine rings is 1. The molecule has 0 bridgehead atoms. The summed E-state index contributed by atoms with van der Waals surface area (Å²) in [5.74, 6) is -1.64. The molecule has 0 saturated carbocycles. The fourth-order valence-electron chi connectivity index (χ4n) is 3.17. The Morgan fingerprint density at radius 3 is 3.00 bits per heavy atom. The van der Waals surface area contributed by atoms with E-state index in [-0.39, 0.29) is 12.1 Å². The molecule has 2 saturated heterocycles. The predicted octanol–water partition coefficient (Wildman–Crippen LogP) is 1.70. The van der Waals surface area contributed by atoms with E-state index in [9.17, 15) is 8.78 Å². The van der Waals surface area contributed by atoms with Crippen molar-refractivity contribution in [2.24, 2.45) is 5.73 Å². The third-order valence-electron chi connectivity index (χ3n) is 4.35. The van der Waals surface area contributed by atoms with Gasteiger partial charge in [0.1, 0.15) is 0 Å². The van der Waals surface area contributed by atoms with Crippen LogP contribution in [0.15, 0.2) is 18.2 Å². The van der Waals surface area contributed by atoms with Crippen molar-refractivity contribution in [2.45, 2.75) is 37.5 Å². The Labute approximate surface area is 117 Å². The van der Waals surface area contributed by atoms with E-state index in [0.717, 1.165) is 25.8 Å². The second-order valence-corrected chi connectivity index (χ2v) is 5.78. The van der Waals surface area contributed by atoms with Crippen molar-refractivity contribution in [1.82, 2.24) is 4.90 Å². The zero-order valence-electron chi connectivity index (χ0n) is 11.4. The van der Waals surface area contributed by atoms with Crippen LogP contribution in [-0.4, -0.2) is 42.8 Å². The van der Waals surface area contributed by atoms with Crippen molar-refractivity contribution in [3.8, 4) is 0 Å². The monoisotopic (exact) mass is 282 g/mol. The van der Waals surface area contributed by atoms with Crippen LogP contribution in [0.4, 0.5) is 8.78 Å². The summed E-state index contributed by atoms with van der Waals surface area (Å²) in [5.41, 5.74) is 6.90. The maximum Gasteiger partial charge on any atom is 0.159 e. The van der Waals surface area contributed by atoms with Crippen LogP contribution in [0.2, 0.25) is 0 Å². The van der Waals surface area contributed by atoms with E-state index < -0.39 is 11.6 Å². The molecule has 1 aromatic carbocycles. The van der Waals surface area contributed by atoms with Crippen LogP contribution in [0.25, 0.3) is 0 Å². The highest BCUT2D eigenvalue weighted by Gasteiger charge is 2.34. The molecule has 110 valence electrons. The SMILES string of the molecule is NC(Cc1ccc(F)c(F)c1)C1CN2CCCC2CO1. The second kappa shape index (κ2) is 5.76. The Kier molecular flexibility index (Phi) is 4.01. The number of halogens is 2. The van der Waals surface area contributed by atoms with Gasteiger partial charge in [-0.25, -0.2) is 8.78 Å². The average molecular weight is 282 g/mol. The molecule has 3 nitrogen and oxygen atoms in total. The first-order valence-corrected chi connectivity index (χ1v) is 7.18. The third kappa shape index (κ3) is 2.85. The van der Waals surface area contributed by atoms with E-state index in [0.29, 0.717) is 18.0 Å². The van der Waals surface area contributed by atoms with E-state index in [1.165, 1.54) is 18.9 Å². The number of fused-ring (bicyclic) bond motifs is 1. The van der Waals surface area contributed by atoms with Gasteiger partial charge in [0.15, 0.2) is 11.6 Å². The van der Waals surface area contributed by atoms with Crippen molar-refractivity contribution < 1.29 is 13.5 Å². The molecule has 0 spiro atoms. The number of hydrogen-bond acceptors (Lipinski definition) is 3. The quantitative estimate of drug-likeness (QED) is 0.917. The summed E-state index contributed by atoms with van der Waals surface area (Å²) in [6, 6.07) is 4.30. The summed E-state index contributed by atoms with van der Waals surface area (Å²) >= 11 is 0. The van der Waals surface area contributed by atoms with Gasteiger partial charge >= 0.3 is 0 Å². The van der Waals surface area contributed by atoms with E-state index in [4.69, 9.17) is 10.5 Å². The van der Waals surface area contributed by atoms with Crippen LogP contribution in [0.1, 0.15) is 18.4 Å². The molecule has 0 radical (unpaired) electrons. The molecular formula is C15H20F2N2O. The minimum absolute atomic E-state index is 0.0301. The van der Waals surface area contributed by atoms with E-state index >= 15 is 0 Å². The molecule has 0 aliphatic carbocycles. The van der Waals surface area contributed by atoms with Gasteiger partial charge in [-0.15, -0.1) is 0 Å². The topological polar surface area (TPSA) is 38.5 Å². The lowest BCUT2D eigenvalue weighted by molar-refractivity contribution is -0.0589. The fraction of sp³-hybridized carbons (Fsp3) is 0.600. The molecule has 3 atom stereocenters. The van der Waals surface area contributed by atoms with Crippen molar-refractivity contribution >= 4 is 0 Å². The first kappa shape index (κ1) is 13.9. The number of rotatable bonds is 3. The molecule has 1 aromatic rings. The molecular weight excluding hydrogens is 262 g/mol. The fourth-order valence-corrected chi connectivity index (χ4v) is 3.17. The molecule has 0 aromatic heterocycles. The van der Waals surface area contributed by atoms with E-state index in [1.807, 2.05) is 0 Å². The molecule has 2 aliphatic rings. The van der Waals surface area contributed by atoms with Crippen LogP contribution in [0.3, 0.4) is 0 Å². The van der Waals surface area contributed by atoms with Gasteiger partial charge in [0.2, 0.25) is 0 Å². The number of benzene rings is 1. The minimum atomic E-state index is -0.823. The number of nitrogens with zero attached hydrogens (tertiary/aromatic N) is 1. The first-order chi connectivity index (χ1) is 9.63. The van der Waals surface area contributed by atoms with Crippen molar-refractivity contribution in [3.63, 3.8) is 0 Å². The van der Waals surface area contributed by atoms with Gasteiger partial charge in [0.25, 0.3) is 0 Å². The molecule has 3 rings (SSSR count). The van der Waals surface area contributed by atoms with Crippen LogP contribution in [0.5, 0.6) is 0 Å². The molecule has 5 heteroatoms. The van der Waals surface area contributed by atoms with Crippen LogP contribution < -0.4 is 5.73 Å². The van der Waals surface area contributed by atoms with Crippen LogP contribution in [0, 0.1) is 11.6 Å². The molecule has 2 fully saturated rings. The predicted molar refractivity (Wildman–Crippen MR) is 72.4 cm³/mol. The molecule has 20 heavy (non-hydrogen) atoms. The lowest BCUT2D eigenvalue weighted by atomic mass is 10.00. The van der Waals surface area contributed by atoms with Crippen molar-refractivity contribution in [2.75, 3.05) is 19.7 Å². The Balaban J connectivity index is 1.61. The maximum atomic E-state index is 13.2. The number of ether oxygens (including phenoxy) is 1. The molecule has 0 amide bonds. The molecule has 2 N–H and O–H groups in total. The first-order valence-electron chi connectivity index (χ1n) is 7.18. The summed E-state index contributed by atoms with van der Waals surface area (Å²) in [4.78, 5) is 2.43. The summed E-state index contributed by atoms with van der Waals surface area (Å²) in [7, 11) is 0. The highest BCUT2D eigenvalue weighted by molar-refractivity contribution is 5.19. The van der Waals surface area contributed by atoms with Gasteiger partial charge in [-0.05, 0) is 43.5 Å². The van der Waals surface area contributed by atoms with Gasteiger partial charge in [-0.1, -0.05) is 6.07 Å². The van der Waals surface area contributed by atoms with Gasteiger partial charge in [-0.2, -0.15) is 0 Å². The Morgan fingerprint density at radius 1 is 1.35 bits per heavy atom. The summed E-state index contributed by atoms with van der Waals surface area (Å²) in [5, 5.41) is 0. The maximum absolute atomic E-state index is 13.2. The molecule has 2 aliphatic heterocycles. The van der Waals surface area contributed by atoms with E-state index in [2.05, 4.69) is 4.90 Å². The highest BCUT2D eigenvalue weighted by Crippen LogP contribution is 2.24. The number of nitrogens with two attached hydrogens (primary N) is 1. The second-order valence-electron chi connectivity index (χ2n) is 5.78. The van der Waals surface area contributed by atoms with Crippen LogP contribution in [-0.2, 0) is 11.2 Å². The van der Waals surface area contributed by atoms with Gasteiger partial charge in [0.05, 0.1) is 12.7 Å². The third-order valence-corrected chi connectivity index (χ3v) is 4.35. The Hall–Kier alpha value is -1.04. The van der Waals surface area contributed by atoms with Gasteiger partial charge < -0.3 is 10.5 Å². The van der Waals surface area contributed by atoms with E-state index in [1.54, 1.807) is 6.07 Å². The van der Waals surface area contributed by atoms with Crippen LogP contribution >= 0.6 is 0 Å². The smallest absolute Gasteiger partial charge is 0.159 e. The Morgan fingerprint density at radius 2 is 2.20 bits per heavy atom. The van der Waals surface area contributed by atoms with Gasteiger partial charge in [0, 0.05) is 18.6 Å².